The van der Waals surface area contributed by atoms with E-state index < -0.39 is 29.0 Å². The molecule has 10 aromatic carbocycles. The van der Waals surface area contributed by atoms with E-state index in [4.69, 9.17) is 0 Å². The van der Waals surface area contributed by atoms with Crippen LogP contribution in [0.15, 0.2) is 200 Å². The van der Waals surface area contributed by atoms with Crippen LogP contribution >= 0.6 is 0 Å². The zero-order chi connectivity index (χ0) is 55.6. The SMILES string of the molecule is N#Cc1cccc(-c2ccc3c4ccc(-c5cccc(C#N)c5)cc4n(-c4cc(-c5cc(C(F)(F)F)cc(C(F)(F)F)c5)cc(-n5c6cc(-c7cccc(C#N)c7)ccc6c6ccc(-c7cccc(C#N)c7)cc65)c4C#N)c3c2)c1. The van der Waals surface area contributed by atoms with Crippen molar-refractivity contribution in [3.63, 3.8) is 0 Å². The number of rotatable bonds is 7. The van der Waals surface area contributed by atoms with Gasteiger partial charge in [-0.15, -0.1) is 0 Å². The monoisotopic (exact) mass is 1050 g/mol. The first-order chi connectivity index (χ1) is 38.6. The van der Waals surface area contributed by atoms with Crippen LogP contribution in [-0.2, 0) is 12.4 Å². The fourth-order valence-corrected chi connectivity index (χ4v) is 10.7. The van der Waals surface area contributed by atoms with Gasteiger partial charge in [0, 0.05) is 21.5 Å². The van der Waals surface area contributed by atoms with Gasteiger partial charge < -0.3 is 9.13 Å². The van der Waals surface area contributed by atoms with Crippen LogP contribution in [0.3, 0.4) is 0 Å². The Bertz CT molecular complexity index is 4310. The van der Waals surface area contributed by atoms with Gasteiger partial charge in [0.1, 0.15) is 11.6 Å². The quantitative estimate of drug-likeness (QED) is 0.147. The van der Waals surface area contributed by atoms with E-state index in [-0.39, 0.29) is 28.6 Å². The van der Waals surface area contributed by atoms with Crippen molar-refractivity contribution in [2.75, 3.05) is 0 Å². The van der Waals surface area contributed by atoms with E-state index in [9.17, 15) is 52.7 Å². The van der Waals surface area contributed by atoms with Gasteiger partial charge in [0.25, 0.3) is 0 Å². The third kappa shape index (κ3) is 8.66. The van der Waals surface area contributed by atoms with Gasteiger partial charge in [-0.05, 0) is 159 Å². The zero-order valence-electron chi connectivity index (χ0n) is 41.5. The minimum absolute atomic E-state index is 0.0168. The Morgan fingerprint density at radius 2 is 0.550 bits per heavy atom. The molecule has 0 spiro atoms. The van der Waals surface area contributed by atoms with Crippen molar-refractivity contribution >= 4 is 43.6 Å². The molecule has 0 radical (unpaired) electrons. The average molecular weight is 1050 g/mol. The molecule has 0 unspecified atom stereocenters. The molecule has 0 amide bonds. The van der Waals surface area contributed by atoms with Crippen LogP contribution in [0, 0.1) is 56.7 Å². The molecule has 0 bridgehead atoms. The highest BCUT2D eigenvalue weighted by atomic mass is 19.4. The lowest BCUT2D eigenvalue weighted by molar-refractivity contribution is -0.143. The Morgan fingerprint density at radius 3 is 0.812 bits per heavy atom. The van der Waals surface area contributed by atoms with Gasteiger partial charge in [0.05, 0.1) is 91.1 Å². The van der Waals surface area contributed by atoms with Gasteiger partial charge in [0.15, 0.2) is 0 Å². The van der Waals surface area contributed by atoms with E-state index in [2.05, 4.69) is 30.3 Å². The van der Waals surface area contributed by atoms with Crippen LogP contribution in [0.1, 0.15) is 38.9 Å². The highest BCUT2D eigenvalue weighted by molar-refractivity contribution is 6.13. The first-order valence-corrected chi connectivity index (χ1v) is 24.7. The molecule has 2 aromatic heterocycles. The fourth-order valence-electron chi connectivity index (χ4n) is 10.7. The van der Waals surface area contributed by atoms with Crippen LogP contribution in [0.25, 0.3) is 111 Å². The first kappa shape index (κ1) is 49.7. The van der Waals surface area contributed by atoms with Crippen molar-refractivity contribution in [3.05, 3.63) is 239 Å². The van der Waals surface area contributed by atoms with Crippen molar-refractivity contribution in [3.8, 4) is 97.4 Å². The summed E-state index contributed by atoms with van der Waals surface area (Å²) in [6.07, 6.45) is -10.4. The molecule has 0 aliphatic rings. The minimum Gasteiger partial charge on any atom is -0.308 e. The lowest BCUT2D eigenvalue weighted by Gasteiger charge is -2.20. The summed E-state index contributed by atoms with van der Waals surface area (Å²) in [7, 11) is 0. The molecule has 0 aliphatic carbocycles. The molecule has 80 heavy (non-hydrogen) atoms. The van der Waals surface area contributed by atoms with Crippen LogP contribution < -0.4 is 0 Å². The van der Waals surface area contributed by atoms with Gasteiger partial charge in [-0.3, -0.25) is 0 Å². The molecule has 378 valence electrons. The Morgan fingerprint density at radius 1 is 0.275 bits per heavy atom. The standard InChI is InChI=1S/C67H33F6N7/c68-66(69,70)53-25-51(26-54(33-53)67(71,72)73)52-31-64(79-60-27-47(43-9-1-5-39(21-43)34-74)13-17-55(60)56-18-14-48(28-61(56)79)44-10-2-6-40(22-44)35-75)59(38-78)65(32-52)80-62-29-49(45-11-3-7-41(23-45)36-76)15-19-57(62)58-20-16-50(30-63(58)80)46-12-4-8-42(24-46)37-77/h1-33H. The summed E-state index contributed by atoms with van der Waals surface area (Å²) in [5, 5.41) is 54.2. The van der Waals surface area contributed by atoms with E-state index in [1.54, 1.807) is 81.9 Å². The van der Waals surface area contributed by atoms with E-state index in [1.807, 2.05) is 97.1 Å². The zero-order valence-corrected chi connectivity index (χ0v) is 41.5. The number of benzene rings is 10. The van der Waals surface area contributed by atoms with Crippen LogP contribution in [-0.4, -0.2) is 9.13 Å². The molecule has 0 saturated carbocycles. The number of alkyl halides is 6. The van der Waals surface area contributed by atoms with Gasteiger partial charge >= 0.3 is 12.4 Å². The molecule has 2 heterocycles. The van der Waals surface area contributed by atoms with Crippen molar-refractivity contribution < 1.29 is 26.3 Å². The lowest BCUT2D eigenvalue weighted by Crippen LogP contribution is -2.11. The molecular formula is C67H33F6N7. The third-order valence-electron chi connectivity index (χ3n) is 14.4. The third-order valence-corrected chi connectivity index (χ3v) is 14.4. The number of hydrogen-bond acceptors (Lipinski definition) is 5. The Balaban J connectivity index is 1.26. The molecular weight excluding hydrogens is 1020 g/mol. The summed E-state index contributed by atoms with van der Waals surface area (Å²) in [6, 6.07) is 65.8. The van der Waals surface area contributed by atoms with Crippen LogP contribution in [0.2, 0.25) is 0 Å². The van der Waals surface area contributed by atoms with E-state index in [0.29, 0.717) is 123 Å². The Kier molecular flexibility index (Phi) is 11.9. The number of nitrogens with zero attached hydrogens (tertiary/aromatic N) is 7. The Labute approximate surface area is 452 Å². The molecule has 0 aliphatic heterocycles. The normalized spacial score (nSPS) is 11.6. The summed E-state index contributed by atoms with van der Waals surface area (Å²) in [5.74, 6) is 0. The number of fused-ring (bicyclic) bond motifs is 6. The van der Waals surface area contributed by atoms with Crippen molar-refractivity contribution in [1.29, 1.82) is 26.3 Å². The maximum Gasteiger partial charge on any atom is 0.416 e. The predicted molar refractivity (Wildman–Crippen MR) is 296 cm³/mol. The largest absolute Gasteiger partial charge is 0.416 e. The molecule has 13 heteroatoms. The molecule has 0 saturated heterocycles. The summed E-state index contributed by atoms with van der Waals surface area (Å²) >= 11 is 0. The highest BCUT2D eigenvalue weighted by Crippen LogP contribution is 2.45. The molecule has 0 N–H and O–H groups in total. The van der Waals surface area contributed by atoms with Gasteiger partial charge in [-0.1, -0.05) is 97.1 Å². The van der Waals surface area contributed by atoms with Crippen molar-refractivity contribution in [1.82, 2.24) is 9.13 Å². The van der Waals surface area contributed by atoms with Gasteiger partial charge in [-0.2, -0.15) is 52.7 Å². The second-order valence-electron chi connectivity index (χ2n) is 19.2. The molecule has 12 rings (SSSR count). The van der Waals surface area contributed by atoms with Crippen LogP contribution in [0.4, 0.5) is 26.3 Å². The summed E-state index contributed by atoms with van der Waals surface area (Å²) in [5.41, 5.74) is 5.49. The number of nitriles is 5. The maximum atomic E-state index is 14.9. The summed E-state index contributed by atoms with van der Waals surface area (Å²) < 4.78 is 92.9. The van der Waals surface area contributed by atoms with E-state index in [0.717, 1.165) is 0 Å². The fraction of sp³-hybridized carbons (Fsp3) is 0.0299. The van der Waals surface area contributed by atoms with Gasteiger partial charge in [0.2, 0.25) is 0 Å². The predicted octanol–water partition coefficient (Wildman–Crippen LogP) is 17.6. The smallest absolute Gasteiger partial charge is 0.308 e. The summed E-state index contributed by atoms with van der Waals surface area (Å²) in [6.45, 7) is 0. The van der Waals surface area contributed by atoms with Crippen molar-refractivity contribution in [2.45, 2.75) is 12.4 Å². The lowest BCUT2D eigenvalue weighted by atomic mass is 9.96. The first-order valence-electron chi connectivity index (χ1n) is 24.7. The number of halogens is 6. The van der Waals surface area contributed by atoms with Gasteiger partial charge in [-0.25, -0.2) is 0 Å². The van der Waals surface area contributed by atoms with E-state index in [1.165, 1.54) is 12.1 Å². The van der Waals surface area contributed by atoms with E-state index >= 15 is 0 Å². The molecule has 0 fully saturated rings. The van der Waals surface area contributed by atoms with Crippen LogP contribution in [0.5, 0.6) is 0 Å². The molecule has 7 nitrogen and oxygen atoms in total. The molecule has 0 atom stereocenters. The molecule has 12 aromatic rings. The Hall–Kier alpha value is -11.2. The maximum absolute atomic E-state index is 14.9. The second-order valence-corrected chi connectivity index (χ2v) is 19.2. The topological polar surface area (TPSA) is 129 Å². The number of aromatic nitrogens is 2. The average Bonchev–Trinajstić information content (AvgIpc) is 4.22. The number of hydrogen-bond donors (Lipinski definition) is 0. The summed E-state index contributed by atoms with van der Waals surface area (Å²) in [4.78, 5) is 0. The highest BCUT2D eigenvalue weighted by Gasteiger charge is 2.37. The van der Waals surface area contributed by atoms with Crippen molar-refractivity contribution in [2.24, 2.45) is 0 Å². The minimum atomic E-state index is -5.20. The second kappa shape index (κ2) is 19.1.